The van der Waals surface area contributed by atoms with Gasteiger partial charge in [-0.15, -0.1) is 0 Å². The number of hydrogen-bond donors (Lipinski definition) is 0. The monoisotopic (exact) mass is 279 g/mol. The number of rotatable bonds is 4. The summed E-state index contributed by atoms with van der Waals surface area (Å²) in [6.45, 7) is 2.71. The van der Waals surface area contributed by atoms with E-state index in [1.165, 1.54) is 19.3 Å². The minimum absolute atomic E-state index is 0.111. The molecule has 2 saturated carbocycles. The van der Waals surface area contributed by atoms with Crippen molar-refractivity contribution in [2.75, 3.05) is 6.54 Å². The smallest absolute Gasteiger partial charge is 0.329 e. The normalized spacial score (nSPS) is 35.5. The lowest BCUT2D eigenvalue weighted by atomic mass is 9.97. The Labute approximate surface area is 120 Å². The molecule has 1 aliphatic heterocycles. The molecule has 0 aromatic heterocycles. The van der Waals surface area contributed by atoms with Crippen molar-refractivity contribution in [2.45, 2.75) is 70.4 Å². The van der Waals surface area contributed by atoms with Gasteiger partial charge in [-0.2, -0.15) is 0 Å². The number of ether oxygens (including phenoxy) is 1. The van der Waals surface area contributed by atoms with E-state index in [1.54, 1.807) is 4.90 Å². The number of esters is 1. The van der Waals surface area contributed by atoms with E-state index in [0.717, 1.165) is 38.1 Å². The van der Waals surface area contributed by atoms with Gasteiger partial charge < -0.3 is 9.64 Å². The Morgan fingerprint density at radius 1 is 1.20 bits per heavy atom. The summed E-state index contributed by atoms with van der Waals surface area (Å²) in [7, 11) is 0. The minimum atomic E-state index is -0.312. The molecule has 4 unspecified atom stereocenters. The Bertz CT molecular complexity index is 395. The van der Waals surface area contributed by atoms with Gasteiger partial charge in [-0.1, -0.05) is 6.92 Å². The molecule has 112 valence electrons. The molecule has 4 nitrogen and oxygen atoms in total. The van der Waals surface area contributed by atoms with E-state index < -0.39 is 0 Å². The van der Waals surface area contributed by atoms with Crippen LogP contribution in [0.4, 0.5) is 0 Å². The van der Waals surface area contributed by atoms with Gasteiger partial charge in [0.25, 0.3) is 0 Å². The highest BCUT2D eigenvalue weighted by atomic mass is 16.5. The Kier molecular flexibility index (Phi) is 3.99. The lowest BCUT2D eigenvalue weighted by Crippen LogP contribution is -2.43. The third kappa shape index (κ3) is 2.57. The van der Waals surface area contributed by atoms with Crippen LogP contribution in [0.2, 0.25) is 0 Å². The van der Waals surface area contributed by atoms with Gasteiger partial charge in [-0.3, -0.25) is 4.79 Å². The van der Waals surface area contributed by atoms with Crippen LogP contribution in [-0.4, -0.2) is 35.5 Å². The van der Waals surface area contributed by atoms with Crippen LogP contribution in [0.25, 0.3) is 0 Å². The van der Waals surface area contributed by atoms with Gasteiger partial charge in [-0.05, 0) is 56.8 Å². The average Bonchev–Trinajstić information content (AvgIpc) is 3.14. The maximum atomic E-state index is 12.4. The van der Waals surface area contributed by atoms with Crippen molar-refractivity contribution in [1.82, 2.24) is 4.90 Å². The molecule has 20 heavy (non-hydrogen) atoms. The van der Waals surface area contributed by atoms with Gasteiger partial charge in [0.05, 0.1) is 0 Å². The highest BCUT2D eigenvalue weighted by Gasteiger charge is 2.43. The molecule has 3 rings (SSSR count). The van der Waals surface area contributed by atoms with Gasteiger partial charge in [0, 0.05) is 13.0 Å². The standard InChI is InChI=1S/C16H25NO3/c1-2-4-15(18)17-8-3-5-13(17)16(19)20-14-10-11-6-7-12(14)9-11/h11-14H,2-10H2,1H3. The molecule has 1 heterocycles. The predicted molar refractivity (Wildman–Crippen MR) is 75.0 cm³/mol. The Morgan fingerprint density at radius 2 is 2.05 bits per heavy atom. The molecule has 4 atom stereocenters. The molecule has 0 aromatic carbocycles. The van der Waals surface area contributed by atoms with Gasteiger partial charge in [0.2, 0.25) is 5.91 Å². The van der Waals surface area contributed by atoms with Crippen molar-refractivity contribution in [3.8, 4) is 0 Å². The first-order valence-corrected chi connectivity index (χ1v) is 8.19. The zero-order valence-corrected chi connectivity index (χ0v) is 12.3. The van der Waals surface area contributed by atoms with Gasteiger partial charge >= 0.3 is 5.97 Å². The second kappa shape index (κ2) is 5.74. The summed E-state index contributed by atoms with van der Waals surface area (Å²) >= 11 is 0. The summed E-state index contributed by atoms with van der Waals surface area (Å²) in [5.74, 6) is 1.33. The Balaban J connectivity index is 1.57. The molecule has 4 heteroatoms. The highest BCUT2D eigenvalue weighted by molar-refractivity contribution is 5.85. The first-order chi connectivity index (χ1) is 9.69. The predicted octanol–water partition coefficient (Wildman–Crippen LogP) is 2.51. The highest BCUT2D eigenvalue weighted by Crippen LogP contribution is 2.46. The van der Waals surface area contributed by atoms with Crippen LogP contribution in [0.5, 0.6) is 0 Å². The van der Waals surface area contributed by atoms with E-state index in [9.17, 15) is 9.59 Å². The van der Waals surface area contributed by atoms with Crippen molar-refractivity contribution in [1.29, 1.82) is 0 Å². The topological polar surface area (TPSA) is 46.6 Å². The summed E-state index contributed by atoms with van der Waals surface area (Å²) < 4.78 is 5.75. The average molecular weight is 279 g/mol. The summed E-state index contributed by atoms with van der Waals surface area (Å²) in [5.41, 5.74) is 0. The Morgan fingerprint density at radius 3 is 2.70 bits per heavy atom. The number of fused-ring (bicyclic) bond motifs is 2. The number of nitrogens with zero attached hydrogens (tertiary/aromatic N) is 1. The largest absolute Gasteiger partial charge is 0.461 e. The molecule has 0 N–H and O–H groups in total. The number of carbonyl (C=O) groups is 2. The van der Waals surface area contributed by atoms with Gasteiger partial charge in [0.1, 0.15) is 12.1 Å². The molecule has 0 spiro atoms. The summed E-state index contributed by atoms with van der Waals surface area (Å²) in [6.07, 6.45) is 8.01. The molecule has 3 fully saturated rings. The van der Waals surface area contributed by atoms with Crippen molar-refractivity contribution < 1.29 is 14.3 Å². The van der Waals surface area contributed by atoms with Crippen molar-refractivity contribution >= 4 is 11.9 Å². The fraction of sp³-hybridized carbons (Fsp3) is 0.875. The van der Waals surface area contributed by atoms with Crippen molar-refractivity contribution in [2.24, 2.45) is 11.8 Å². The van der Waals surface area contributed by atoms with E-state index in [4.69, 9.17) is 4.74 Å². The maximum absolute atomic E-state index is 12.4. The fourth-order valence-electron chi connectivity index (χ4n) is 4.23. The molecule has 1 amide bonds. The van der Waals surface area contributed by atoms with E-state index in [-0.39, 0.29) is 24.0 Å². The van der Waals surface area contributed by atoms with E-state index >= 15 is 0 Å². The summed E-state index contributed by atoms with van der Waals surface area (Å²) in [4.78, 5) is 26.2. The van der Waals surface area contributed by atoms with Gasteiger partial charge in [-0.25, -0.2) is 4.79 Å². The lowest BCUT2D eigenvalue weighted by molar-refractivity contribution is -0.160. The zero-order valence-electron chi connectivity index (χ0n) is 12.3. The first kappa shape index (κ1) is 13.9. The number of likely N-dealkylation sites (tertiary alicyclic amines) is 1. The van der Waals surface area contributed by atoms with Crippen LogP contribution in [0.3, 0.4) is 0 Å². The lowest BCUT2D eigenvalue weighted by Gasteiger charge is -2.27. The van der Waals surface area contributed by atoms with Crippen LogP contribution < -0.4 is 0 Å². The molecule has 0 aromatic rings. The number of hydrogen-bond acceptors (Lipinski definition) is 3. The van der Waals surface area contributed by atoms with Gasteiger partial charge in [0.15, 0.2) is 0 Å². The molecule has 2 aliphatic carbocycles. The summed E-state index contributed by atoms with van der Waals surface area (Å²) in [5, 5.41) is 0. The van der Waals surface area contributed by atoms with Crippen molar-refractivity contribution in [3.05, 3.63) is 0 Å². The second-order valence-electron chi connectivity index (χ2n) is 6.65. The molecule has 3 aliphatic rings. The fourth-order valence-corrected chi connectivity index (χ4v) is 4.23. The molecule has 2 bridgehead atoms. The Hall–Kier alpha value is -1.06. The van der Waals surface area contributed by atoms with Crippen LogP contribution in [-0.2, 0) is 14.3 Å². The number of amides is 1. The maximum Gasteiger partial charge on any atom is 0.329 e. The van der Waals surface area contributed by atoms with Crippen LogP contribution in [0, 0.1) is 11.8 Å². The van der Waals surface area contributed by atoms with Crippen LogP contribution in [0.15, 0.2) is 0 Å². The van der Waals surface area contributed by atoms with E-state index in [0.29, 0.717) is 12.3 Å². The van der Waals surface area contributed by atoms with Crippen LogP contribution in [0.1, 0.15) is 58.3 Å². The molecule has 1 saturated heterocycles. The summed E-state index contributed by atoms with van der Waals surface area (Å²) in [6, 6.07) is -0.312. The molecular weight excluding hydrogens is 254 g/mol. The quantitative estimate of drug-likeness (QED) is 0.743. The minimum Gasteiger partial charge on any atom is -0.461 e. The van der Waals surface area contributed by atoms with Crippen LogP contribution >= 0.6 is 0 Å². The zero-order chi connectivity index (χ0) is 14.1. The van der Waals surface area contributed by atoms with E-state index in [2.05, 4.69) is 0 Å². The molecule has 0 radical (unpaired) electrons. The first-order valence-electron chi connectivity index (χ1n) is 8.19. The van der Waals surface area contributed by atoms with Crippen molar-refractivity contribution in [3.63, 3.8) is 0 Å². The SMILES string of the molecule is CCCC(=O)N1CCCC1C(=O)OC1CC2CCC1C2. The second-order valence-corrected chi connectivity index (χ2v) is 6.65. The third-order valence-corrected chi connectivity index (χ3v) is 5.25. The number of carbonyl (C=O) groups excluding carboxylic acids is 2. The third-order valence-electron chi connectivity index (χ3n) is 5.25. The molecular formula is C16H25NO3. The van der Waals surface area contributed by atoms with E-state index in [1.807, 2.05) is 6.92 Å².